The highest BCUT2D eigenvalue weighted by molar-refractivity contribution is 5.83. The lowest BCUT2D eigenvalue weighted by Gasteiger charge is -2.30. The minimum atomic E-state index is -0.878. The molecular formula is C12H25N3O. The number of rotatable bonds is 7. The molecule has 1 fully saturated rings. The van der Waals surface area contributed by atoms with Crippen LogP contribution < -0.4 is 11.5 Å². The van der Waals surface area contributed by atoms with Gasteiger partial charge in [-0.05, 0) is 46.0 Å². The Bertz CT molecular complexity index is 247. The van der Waals surface area contributed by atoms with Crippen LogP contribution in [-0.4, -0.2) is 35.5 Å². The van der Waals surface area contributed by atoms with Crippen LogP contribution in [0.4, 0.5) is 0 Å². The van der Waals surface area contributed by atoms with E-state index >= 15 is 0 Å². The highest BCUT2D eigenvalue weighted by atomic mass is 16.1. The number of carbonyl (C=O) groups is 1. The van der Waals surface area contributed by atoms with E-state index in [0.717, 1.165) is 19.0 Å². The summed E-state index contributed by atoms with van der Waals surface area (Å²) in [5.41, 5.74) is 10.2. The maximum Gasteiger partial charge on any atom is 0.237 e. The van der Waals surface area contributed by atoms with Crippen molar-refractivity contribution in [3.8, 4) is 0 Å². The number of amides is 1. The van der Waals surface area contributed by atoms with E-state index in [2.05, 4.69) is 18.7 Å². The molecule has 1 aliphatic carbocycles. The standard InChI is InChI=1S/C12H25N3O/c1-9(2)15(8-10-4-5-10)7-6-12(3,14)11(13)16/h9-10H,4-8,14H2,1-3H3,(H2,13,16). The Morgan fingerprint density at radius 1 is 1.50 bits per heavy atom. The van der Waals surface area contributed by atoms with Crippen LogP contribution in [0.25, 0.3) is 0 Å². The number of carbonyl (C=O) groups excluding carboxylic acids is 1. The second-order valence-corrected chi connectivity index (χ2v) is 5.56. The molecule has 0 aromatic rings. The minimum Gasteiger partial charge on any atom is -0.368 e. The lowest BCUT2D eigenvalue weighted by atomic mass is 9.98. The molecule has 0 aromatic carbocycles. The first-order valence-electron chi connectivity index (χ1n) is 6.16. The van der Waals surface area contributed by atoms with Gasteiger partial charge in [0.25, 0.3) is 0 Å². The average molecular weight is 227 g/mol. The second-order valence-electron chi connectivity index (χ2n) is 5.56. The Kier molecular flexibility index (Phi) is 4.33. The summed E-state index contributed by atoms with van der Waals surface area (Å²) in [6.45, 7) is 8.06. The van der Waals surface area contributed by atoms with Gasteiger partial charge in [0, 0.05) is 19.1 Å². The van der Waals surface area contributed by atoms with Gasteiger partial charge in [0.1, 0.15) is 0 Å². The molecule has 4 N–H and O–H groups in total. The van der Waals surface area contributed by atoms with Gasteiger partial charge in [0.15, 0.2) is 0 Å². The third kappa shape index (κ3) is 4.10. The van der Waals surface area contributed by atoms with Crippen LogP contribution in [0, 0.1) is 5.92 Å². The van der Waals surface area contributed by atoms with E-state index in [1.165, 1.54) is 12.8 Å². The highest BCUT2D eigenvalue weighted by Gasteiger charge is 2.29. The predicted molar refractivity (Wildman–Crippen MR) is 65.8 cm³/mol. The number of nitrogens with zero attached hydrogens (tertiary/aromatic N) is 1. The summed E-state index contributed by atoms with van der Waals surface area (Å²) in [4.78, 5) is 13.5. The second kappa shape index (κ2) is 5.15. The zero-order valence-corrected chi connectivity index (χ0v) is 10.7. The van der Waals surface area contributed by atoms with E-state index in [-0.39, 0.29) is 0 Å². The highest BCUT2D eigenvalue weighted by Crippen LogP contribution is 2.30. The van der Waals surface area contributed by atoms with Crippen molar-refractivity contribution < 1.29 is 4.79 Å². The molecule has 0 saturated heterocycles. The number of hydrogen-bond donors (Lipinski definition) is 2. The SMILES string of the molecule is CC(C)N(CCC(C)(N)C(N)=O)CC1CC1. The van der Waals surface area contributed by atoms with Gasteiger partial charge in [0.05, 0.1) is 5.54 Å². The maximum absolute atomic E-state index is 11.1. The van der Waals surface area contributed by atoms with Crippen molar-refractivity contribution in [3.05, 3.63) is 0 Å². The van der Waals surface area contributed by atoms with Crippen molar-refractivity contribution in [3.63, 3.8) is 0 Å². The quantitative estimate of drug-likeness (QED) is 0.672. The third-order valence-corrected chi connectivity index (χ3v) is 3.40. The van der Waals surface area contributed by atoms with Crippen LogP contribution in [0.3, 0.4) is 0 Å². The Hall–Kier alpha value is -0.610. The fourth-order valence-corrected chi connectivity index (χ4v) is 1.69. The van der Waals surface area contributed by atoms with Crippen LogP contribution in [-0.2, 0) is 4.79 Å². The van der Waals surface area contributed by atoms with Crippen LogP contribution >= 0.6 is 0 Å². The summed E-state index contributed by atoms with van der Waals surface area (Å²) < 4.78 is 0. The normalized spacial score (nSPS) is 20.1. The fraction of sp³-hybridized carbons (Fsp3) is 0.917. The molecule has 0 bridgehead atoms. The average Bonchev–Trinajstić information content (AvgIpc) is 2.94. The van der Waals surface area contributed by atoms with E-state index < -0.39 is 11.4 Å². The van der Waals surface area contributed by atoms with Gasteiger partial charge >= 0.3 is 0 Å². The van der Waals surface area contributed by atoms with E-state index in [9.17, 15) is 4.79 Å². The summed E-state index contributed by atoms with van der Waals surface area (Å²) in [6.07, 6.45) is 3.32. The largest absolute Gasteiger partial charge is 0.368 e. The first-order valence-corrected chi connectivity index (χ1v) is 6.16. The molecule has 0 aliphatic heterocycles. The smallest absolute Gasteiger partial charge is 0.237 e. The monoisotopic (exact) mass is 227 g/mol. The van der Waals surface area contributed by atoms with Crippen LogP contribution in [0.5, 0.6) is 0 Å². The molecule has 0 heterocycles. The van der Waals surface area contributed by atoms with E-state index in [0.29, 0.717) is 12.5 Å². The van der Waals surface area contributed by atoms with E-state index in [1.807, 2.05) is 0 Å². The first-order chi connectivity index (χ1) is 7.33. The zero-order valence-electron chi connectivity index (χ0n) is 10.7. The summed E-state index contributed by atoms with van der Waals surface area (Å²) >= 11 is 0. The Morgan fingerprint density at radius 3 is 2.44 bits per heavy atom. The summed E-state index contributed by atoms with van der Waals surface area (Å²) in [6, 6.07) is 0.504. The fourth-order valence-electron chi connectivity index (χ4n) is 1.69. The molecule has 1 rings (SSSR count). The number of primary amides is 1. The Balaban J connectivity index is 2.39. The lowest BCUT2D eigenvalue weighted by molar-refractivity contribution is -0.122. The van der Waals surface area contributed by atoms with Crippen molar-refractivity contribution in [1.82, 2.24) is 4.90 Å². The molecular weight excluding hydrogens is 202 g/mol. The van der Waals surface area contributed by atoms with Crippen molar-refractivity contribution in [2.75, 3.05) is 13.1 Å². The van der Waals surface area contributed by atoms with Gasteiger partial charge in [-0.25, -0.2) is 0 Å². The Morgan fingerprint density at radius 2 is 2.06 bits per heavy atom. The predicted octanol–water partition coefficient (Wildman–Crippen LogP) is 0.700. The molecule has 4 nitrogen and oxygen atoms in total. The molecule has 1 unspecified atom stereocenters. The van der Waals surface area contributed by atoms with Crippen molar-refractivity contribution in [1.29, 1.82) is 0 Å². The van der Waals surface area contributed by atoms with Gasteiger partial charge in [-0.3, -0.25) is 4.79 Å². The molecule has 94 valence electrons. The van der Waals surface area contributed by atoms with Crippen LogP contribution in [0.2, 0.25) is 0 Å². The van der Waals surface area contributed by atoms with Gasteiger partial charge in [-0.2, -0.15) is 0 Å². The van der Waals surface area contributed by atoms with Gasteiger partial charge in [-0.15, -0.1) is 0 Å². The maximum atomic E-state index is 11.1. The number of hydrogen-bond acceptors (Lipinski definition) is 3. The van der Waals surface area contributed by atoms with Crippen molar-refractivity contribution >= 4 is 5.91 Å². The molecule has 0 spiro atoms. The summed E-state index contributed by atoms with van der Waals surface area (Å²) in [5.74, 6) is 0.447. The first kappa shape index (κ1) is 13.5. The van der Waals surface area contributed by atoms with Crippen LogP contribution in [0.15, 0.2) is 0 Å². The molecule has 1 saturated carbocycles. The Labute approximate surface area is 98.3 Å². The molecule has 0 radical (unpaired) electrons. The zero-order chi connectivity index (χ0) is 12.3. The molecule has 1 aliphatic rings. The third-order valence-electron chi connectivity index (χ3n) is 3.40. The molecule has 1 atom stereocenters. The molecule has 1 amide bonds. The van der Waals surface area contributed by atoms with E-state index in [1.54, 1.807) is 6.92 Å². The summed E-state index contributed by atoms with van der Waals surface area (Å²) in [7, 11) is 0. The van der Waals surface area contributed by atoms with Gasteiger partial charge in [-0.1, -0.05) is 0 Å². The van der Waals surface area contributed by atoms with Crippen molar-refractivity contribution in [2.24, 2.45) is 17.4 Å². The molecule has 4 heteroatoms. The van der Waals surface area contributed by atoms with Crippen LogP contribution in [0.1, 0.15) is 40.0 Å². The molecule has 0 aromatic heterocycles. The summed E-state index contributed by atoms with van der Waals surface area (Å²) in [5, 5.41) is 0. The minimum absolute atomic E-state index is 0.414. The van der Waals surface area contributed by atoms with Gasteiger partial charge < -0.3 is 16.4 Å². The van der Waals surface area contributed by atoms with Crippen molar-refractivity contribution in [2.45, 2.75) is 51.6 Å². The van der Waals surface area contributed by atoms with Gasteiger partial charge in [0.2, 0.25) is 5.91 Å². The lowest BCUT2D eigenvalue weighted by Crippen LogP contribution is -2.51. The topological polar surface area (TPSA) is 72.3 Å². The van der Waals surface area contributed by atoms with E-state index in [4.69, 9.17) is 11.5 Å². The molecule has 16 heavy (non-hydrogen) atoms. The number of nitrogens with two attached hydrogens (primary N) is 2.